The predicted molar refractivity (Wildman–Crippen MR) is 75.7 cm³/mol. The van der Waals surface area contributed by atoms with Crippen LogP contribution in [0.5, 0.6) is 0 Å². The van der Waals surface area contributed by atoms with Crippen LogP contribution in [0, 0.1) is 0 Å². The summed E-state index contributed by atoms with van der Waals surface area (Å²) in [5.74, 6) is 0. The van der Waals surface area contributed by atoms with Crippen LogP contribution in [-0.4, -0.2) is 33.2 Å². The molecular weight excluding hydrogens is 291 g/mol. The number of unbranched alkanes of at least 4 members (excludes halogenated alkanes) is 2. The van der Waals surface area contributed by atoms with Gasteiger partial charge in [-0.25, -0.2) is 0 Å². The Kier molecular flexibility index (Phi) is 9.13. The molecule has 0 unspecified atom stereocenters. The average molecular weight is 317 g/mol. The molecule has 0 amide bonds. The molecule has 2 atom stereocenters. The summed E-state index contributed by atoms with van der Waals surface area (Å²) in [5.41, 5.74) is 0. The number of nitrogens with one attached hydrogen (secondary N) is 1. The largest absolute Gasteiger partial charge is 0.598 e. The van der Waals surface area contributed by atoms with Crippen LogP contribution in [0.25, 0.3) is 0 Å². The molecule has 0 aromatic carbocycles. The standard InChI is InChI=1S/C13H26F3NO2S/c1-12(2,3)20(19)17-11(7-5-4-6-10-18)8-9-13(14,15)16/h11,17-18H,4-10H2,1-3H3/t11-,20+/m1/s1. The summed E-state index contributed by atoms with van der Waals surface area (Å²) in [6, 6.07) is -0.407. The van der Waals surface area contributed by atoms with E-state index < -0.39 is 34.7 Å². The Bertz CT molecular complexity index is 257. The van der Waals surface area contributed by atoms with Crippen LogP contribution >= 0.6 is 0 Å². The van der Waals surface area contributed by atoms with Gasteiger partial charge in [0.2, 0.25) is 0 Å². The van der Waals surface area contributed by atoms with Crippen molar-refractivity contribution in [2.24, 2.45) is 0 Å². The zero-order chi connectivity index (χ0) is 15.8. The smallest absolute Gasteiger partial charge is 0.389 e. The Hall–Kier alpha value is 0.0200. The second-order valence-corrected chi connectivity index (χ2v) is 7.92. The molecule has 0 aliphatic heterocycles. The second kappa shape index (κ2) is 9.12. The summed E-state index contributed by atoms with van der Waals surface area (Å²) in [6.45, 7) is 5.43. The Balaban J connectivity index is 4.31. The van der Waals surface area contributed by atoms with Gasteiger partial charge >= 0.3 is 6.18 Å². The molecule has 0 saturated carbocycles. The number of alkyl halides is 3. The third kappa shape index (κ3) is 10.8. The quantitative estimate of drug-likeness (QED) is 0.507. The third-order valence-electron chi connectivity index (χ3n) is 2.82. The number of halogens is 3. The lowest BCUT2D eigenvalue weighted by Crippen LogP contribution is -2.45. The normalized spacial score (nSPS) is 16.2. The summed E-state index contributed by atoms with van der Waals surface area (Å²) in [5, 5.41) is 8.68. The predicted octanol–water partition coefficient (Wildman–Crippen LogP) is 3.30. The van der Waals surface area contributed by atoms with Gasteiger partial charge in [-0.15, -0.1) is 4.72 Å². The molecular formula is C13H26F3NO2S. The van der Waals surface area contributed by atoms with E-state index in [9.17, 15) is 17.7 Å². The van der Waals surface area contributed by atoms with Crippen molar-refractivity contribution in [3.8, 4) is 0 Å². The molecule has 0 spiro atoms. The maximum atomic E-state index is 12.3. The number of hydrogen-bond donors (Lipinski definition) is 2. The number of aliphatic hydroxyl groups is 1. The minimum absolute atomic E-state index is 0.0650. The van der Waals surface area contributed by atoms with E-state index in [2.05, 4.69) is 4.72 Å². The summed E-state index contributed by atoms with van der Waals surface area (Å²) in [6.07, 6.45) is -2.45. The Labute approximate surface area is 122 Å². The monoisotopic (exact) mass is 317 g/mol. The highest BCUT2D eigenvalue weighted by Gasteiger charge is 2.32. The lowest BCUT2D eigenvalue weighted by atomic mass is 10.0. The molecule has 0 radical (unpaired) electrons. The lowest BCUT2D eigenvalue weighted by molar-refractivity contribution is -0.136. The molecule has 0 aromatic heterocycles. The number of aliphatic hydroxyl groups excluding tert-OH is 1. The summed E-state index contributed by atoms with van der Waals surface area (Å²) in [4.78, 5) is 0. The van der Waals surface area contributed by atoms with Crippen LogP contribution in [0.3, 0.4) is 0 Å². The molecule has 0 rings (SSSR count). The van der Waals surface area contributed by atoms with Crippen molar-refractivity contribution in [3.63, 3.8) is 0 Å². The minimum atomic E-state index is -4.19. The summed E-state index contributed by atoms with van der Waals surface area (Å²) < 4.78 is 51.2. The van der Waals surface area contributed by atoms with E-state index in [4.69, 9.17) is 5.11 Å². The molecule has 2 N–H and O–H groups in total. The minimum Gasteiger partial charge on any atom is -0.598 e. The maximum Gasteiger partial charge on any atom is 0.389 e. The Morgan fingerprint density at radius 1 is 1.10 bits per heavy atom. The van der Waals surface area contributed by atoms with Gasteiger partial charge in [0.05, 0.1) is 6.04 Å². The Morgan fingerprint density at radius 2 is 1.70 bits per heavy atom. The molecule has 0 saturated heterocycles. The molecule has 122 valence electrons. The van der Waals surface area contributed by atoms with Gasteiger partial charge in [-0.3, -0.25) is 0 Å². The van der Waals surface area contributed by atoms with E-state index >= 15 is 0 Å². The number of rotatable bonds is 9. The van der Waals surface area contributed by atoms with Gasteiger partial charge in [-0.2, -0.15) is 13.2 Å². The van der Waals surface area contributed by atoms with Crippen molar-refractivity contribution >= 4 is 11.4 Å². The van der Waals surface area contributed by atoms with E-state index in [1.54, 1.807) is 20.8 Å². The van der Waals surface area contributed by atoms with Crippen molar-refractivity contribution in [2.45, 2.75) is 76.3 Å². The molecule has 0 fully saturated rings. The maximum absolute atomic E-state index is 12.3. The number of hydrogen-bond acceptors (Lipinski definition) is 3. The second-order valence-electron chi connectivity index (χ2n) is 5.92. The summed E-state index contributed by atoms with van der Waals surface area (Å²) >= 11 is -1.37. The van der Waals surface area contributed by atoms with Crippen molar-refractivity contribution in [1.82, 2.24) is 4.72 Å². The third-order valence-corrected chi connectivity index (χ3v) is 4.48. The van der Waals surface area contributed by atoms with Gasteiger partial charge < -0.3 is 9.66 Å². The average Bonchev–Trinajstić information content (AvgIpc) is 2.28. The van der Waals surface area contributed by atoms with Crippen molar-refractivity contribution in [2.75, 3.05) is 6.61 Å². The van der Waals surface area contributed by atoms with Crippen LogP contribution in [0.2, 0.25) is 0 Å². The van der Waals surface area contributed by atoms with Crippen LogP contribution in [0.1, 0.15) is 59.3 Å². The van der Waals surface area contributed by atoms with Gasteiger partial charge in [0, 0.05) is 24.4 Å². The fraction of sp³-hybridized carbons (Fsp3) is 1.00. The van der Waals surface area contributed by atoms with E-state index in [0.29, 0.717) is 12.8 Å². The Morgan fingerprint density at radius 3 is 2.15 bits per heavy atom. The first-order chi connectivity index (χ1) is 9.06. The fourth-order valence-electron chi connectivity index (χ4n) is 1.61. The first-order valence-corrected chi connectivity index (χ1v) is 8.07. The summed E-state index contributed by atoms with van der Waals surface area (Å²) in [7, 11) is 0. The SMILES string of the molecule is CC(C)(C)[S@+]([O-])N[C@H](CCCCCO)CCC(F)(F)F. The van der Waals surface area contributed by atoms with E-state index in [1.165, 1.54) is 0 Å². The van der Waals surface area contributed by atoms with Gasteiger partial charge in [-0.1, -0.05) is 12.8 Å². The molecule has 20 heavy (non-hydrogen) atoms. The topological polar surface area (TPSA) is 55.3 Å². The zero-order valence-corrected chi connectivity index (χ0v) is 13.2. The highest BCUT2D eigenvalue weighted by Crippen LogP contribution is 2.25. The van der Waals surface area contributed by atoms with E-state index in [0.717, 1.165) is 12.8 Å². The first kappa shape index (κ1) is 20.0. The highest BCUT2D eigenvalue weighted by atomic mass is 32.2. The van der Waals surface area contributed by atoms with Crippen molar-refractivity contribution in [3.05, 3.63) is 0 Å². The molecule has 0 aromatic rings. The van der Waals surface area contributed by atoms with Crippen molar-refractivity contribution in [1.29, 1.82) is 0 Å². The van der Waals surface area contributed by atoms with Crippen LogP contribution < -0.4 is 4.72 Å². The molecule has 0 aliphatic carbocycles. The molecule has 0 aliphatic rings. The molecule has 7 heteroatoms. The van der Waals surface area contributed by atoms with Crippen LogP contribution in [-0.2, 0) is 11.4 Å². The van der Waals surface area contributed by atoms with Gasteiger partial charge in [-0.05, 0) is 40.0 Å². The zero-order valence-electron chi connectivity index (χ0n) is 12.4. The van der Waals surface area contributed by atoms with Gasteiger partial charge in [0.1, 0.15) is 4.75 Å². The van der Waals surface area contributed by atoms with Crippen LogP contribution in [0.4, 0.5) is 13.2 Å². The first-order valence-electron chi connectivity index (χ1n) is 6.92. The van der Waals surface area contributed by atoms with Crippen molar-refractivity contribution < 1.29 is 22.8 Å². The van der Waals surface area contributed by atoms with E-state index in [-0.39, 0.29) is 13.0 Å². The highest BCUT2D eigenvalue weighted by molar-refractivity contribution is 7.90. The molecule has 3 nitrogen and oxygen atoms in total. The van der Waals surface area contributed by atoms with E-state index in [1.807, 2.05) is 0 Å². The lowest BCUT2D eigenvalue weighted by Gasteiger charge is -2.28. The van der Waals surface area contributed by atoms with Gasteiger partial charge in [0.25, 0.3) is 0 Å². The fourth-order valence-corrected chi connectivity index (χ4v) is 2.50. The molecule has 0 bridgehead atoms. The molecule has 0 heterocycles. The van der Waals surface area contributed by atoms with Gasteiger partial charge in [0.15, 0.2) is 0 Å². The van der Waals surface area contributed by atoms with Crippen LogP contribution in [0.15, 0.2) is 0 Å².